The Morgan fingerprint density at radius 3 is 2.72 bits per heavy atom. The quantitative estimate of drug-likeness (QED) is 0.378. The SMILES string of the molecule is COc1cccc(CCNC(=O)Cn2nc(-c3ccc([N+](=O)[O-])cc3Cl)oc2=O)c1OC. The van der Waals surface area contributed by atoms with Gasteiger partial charge in [-0.3, -0.25) is 14.9 Å². The lowest BCUT2D eigenvalue weighted by Gasteiger charge is -2.12. The number of nitro groups is 1. The number of rotatable bonds is 9. The van der Waals surface area contributed by atoms with Crippen LogP contribution in [0.1, 0.15) is 5.56 Å². The van der Waals surface area contributed by atoms with Crippen molar-refractivity contribution in [2.45, 2.75) is 13.0 Å². The number of nitro benzene ring substituents is 1. The van der Waals surface area contributed by atoms with E-state index < -0.39 is 16.6 Å². The number of carbonyl (C=O) groups excluding carboxylic acids is 1. The van der Waals surface area contributed by atoms with Crippen LogP contribution in [0.3, 0.4) is 0 Å². The molecule has 0 bridgehead atoms. The van der Waals surface area contributed by atoms with Gasteiger partial charge in [0.2, 0.25) is 5.91 Å². The fourth-order valence-electron chi connectivity index (χ4n) is 2.99. The Morgan fingerprint density at radius 2 is 2.06 bits per heavy atom. The first-order valence-electron chi connectivity index (χ1n) is 9.33. The number of nitrogens with zero attached hydrogens (tertiary/aromatic N) is 3. The van der Waals surface area contributed by atoms with Gasteiger partial charge >= 0.3 is 5.76 Å². The van der Waals surface area contributed by atoms with Crippen LogP contribution in [0.2, 0.25) is 5.02 Å². The summed E-state index contributed by atoms with van der Waals surface area (Å²) in [5.41, 5.74) is 0.826. The fourth-order valence-corrected chi connectivity index (χ4v) is 3.24. The molecule has 0 saturated heterocycles. The van der Waals surface area contributed by atoms with E-state index in [0.29, 0.717) is 17.9 Å². The summed E-state index contributed by atoms with van der Waals surface area (Å²) in [6.07, 6.45) is 0.476. The highest BCUT2D eigenvalue weighted by Gasteiger charge is 2.18. The summed E-state index contributed by atoms with van der Waals surface area (Å²) in [4.78, 5) is 34.5. The minimum Gasteiger partial charge on any atom is -0.493 e. The highest BCUT2D eigenvalue weighted by atomic mass is 35.5. The van der Waals surface area contributed by atoms with Crippen molar-refractivity contribution in [2.75, 3.05) is 20.8 Å². The number of benzene rings is 2. The van der Waals surface area contributed by atoms with Crippen molar-refractivity contribution in [3.8, 4) is 23.0 Å². The molecule has 1 aromatic heterocycles. The van der Waals surface area contributed by atoms with Gasteiger partial charge in [0.15, 0.2) is 11.5 Å². The summed E-state index contributed by atoms with van der Waals surface area (Å²) in [5.74, 6) is -0.295. The lowest BCUT2D eigenvalue weighted by Crippen LogP contribution is -2.32. The van der Waals surface area contributed by atoms with E-state index in [-0.39, 0.29) is 35.3 Å². The predicted molar refractivity (Wildman–Crippen MR) is 114 cm³/mol. The molecule has 0 spiro atoms. The third-order valence-electron chi connectivity index (χ3n) is 4.49. The molecule has 1 N–H and O–H groups in total. The van der Waals surface area contributed by atoms with E-state index in [1.165, 1.54) is 26.4 Å². The van der Waals surface area contributed by atoms with Gasteiger partial charge in [-0.2, -0.15) is 4.68 Å². The van der Waals surface area contributed by atoms with Gasteiger partial charge in [-0.05, 0) is 24.1 Å². The molecular formula is C20H19ClN4O7. The molecule has 2 aromatic carbocycles. The molecule has 0 aliphatic heterocycles. The van der Waals surface area contributed by atoms with Crippen molar-refractivity contribution < 1.29 is 23.6 Å². The molecule has 11 nitrogen and oxygen atoms in total. The molecule has 1 heterocycles. The van der Waals surface area contributed by atoms with E-state index in [1.807, 2.05) is 12.1 Å². The molecule has 0 radical (unpaired) electrons. The molecule has 0 unspecified atom stereocenters. The van der Waals surface area contributed by atoms with Crippen LogP contribution in [0, 0.1) is 10.1 Å². The van der Waals surface area contributed by atoms with Crippen LogP contribution in [0.15, 0.2) is 45.6 Å². The second-order valence-corrected chi connectivity index (χ2v) is 6.91. The Morgan fingerprint density at radius 1 is 1.28 bits per heavy atom. The van der Waals surface area contributed by atoms with Gasteiger partial charge in [-0.25, -0.2) is 4.79 Å². The summed E-state index contributed by atoms with van der Waals surface area (Å²) in [7, 11) is 3.07. The third-order valence-corrected chi connectivity index (χ3v) is 4.81. The largest absolute Gasteiger partial charge is 0.493 e. The number of ether oxygens (including phenoxy) is 2. The van der Waals surface area contributed by atoms with Crippen LogP contribution >= 0.6 is 11.6 Å². The Labute approximate surface area is 186 Å². The maximum absolute atomic E-state index is 12.3. The number of hydrogen-bond donors (Lipinski definition) is 1. The van der Waals surface area contributed by atoms with Crippen LogP contribution in [0.5, 0.6) is 11.5 Å². The van der Waals surface area contributed by atoms with Gasteiger partial charge in [0.1, 0.15) is 6.54 Å². The van der Waals surface area contributed by atoms with Gasteiger partial charge in [0.05, 0.1) is 29.7 Å². The van der Waals surface area contributed by atoms with Crippen molar-refractivity contribution in [2.24, 2.45) is 0 Å². The lowest BCUT2D eigenvalue weighted by molar-refractivity contribution is -0.384. The molecule has 168 valence electrons. The molecule has 1 amide bonds. The van der Waals surface area contributed by atoms with Gasteiger partial charge in [-0.15, -0.1) is 5.10 Å². The first-order valence-corrected chi connectivity index (χ1v) is 9.70. The Bertz CT molecular complexity index is 1200. The molecule has 0 atom stereocenters. The normalized spacial score (nSPS) is 10.6. The van der Waals surface area contributed by atoms with Crippen LogP contribution in [0.25, 0.3) is 11.5 Å². The minimum absolute atomic E-state index is 0.00992. The second kappa shape index (κ2) is 9.96. The predicted octanol–water partition coefficient (Wildman–Crippen LogP) is 2.44. The molecule has 0 aliphatic rings. The maximum atomic E-state index is 12.3. The molecule has 0 saturated carbocycles. The monoisotopic (exact) mass is 462 g/mol. The first kappa shape index (κ1) is 22.8. The van der Waals surface area contributed by atoms with Crippen molar-refractivity contribution in [3.63, 3.8) is 0 Å². The summed E-state index contributed by atoms with van der Waals surface area (Å²) in [6, 6.07) is 9.09. The Kier molecular flexibility index (Phi) is 7.11. The van der Waals surface area contributed by atoms with Crippen molar-refractivity contribution in [3.05, 3.63) is 67.6 Å². The van der Waals surface area contributed by atoms with E-state index in [1.54, 1.807) is 6.07 Å². The molecule has 0 aliphatic carbocycles. The van der Waals surface area contributed by atoms with Crippen molar-refractivity contribution >= 4 is 23.2 Å². The lowest BCUT2D eigenvalue weighted by atomic mass is 10.1. The smallest absolute Gasteiger partial charge is 0.437 e. The van der Waals surface area contributed by atoms with Gasteiger partial charge < -0.3 is 19.2 Å². The summed E-state index contributed by atoms with van der Waals surface area (Å²) in [5, 5.41) is 17.5. The van der Waals surface area contributed by atoms with E-state index in [4.69, 9.17) is 25.5 Å². The van der Waals surface area contributed by atoms with Crippen molar-refractivity contribution in [1.82, 2.24) is 15.1 Å². The standard InChI is InChI=1S/C20H19ClN4O7/c1-30-16-5-3-4-12(18(16)31-2)8-9-22-17(26)11-24-20(27)32-19(23-24)14-7-6-13(25(28)29)10-15(14)21/h3-7,10H,8-9,11H2,1-2H3,(H,22,26). The highest BCUT2D eigenvalue weighted by molar-refractivity contribution is 6.33. The van der Waals surface area contributed by atoms with Crippen LogP contribution < -0.4 is 20.5 Å². The summed E-state index contributed by atoms with van der Waals surface area (Å²) in [6.45, 7) is -0.0851. The number of hydrogen-bond acceptors (Lipinski definition) is 8. The van der Waals surface area contributed by atoms with Gasteiger partial charge in [0, 0.05) is 18.7 Å². The van der Waals surface area contributed by atoms with Crippen LogP contribution in [0.4, 0.5) is 5.69 Å². The Hall–Kier alpha value is -3.86. The zero-order valence-corrected chi connectivity index (χ0v) is 17.9. The van der Waals surface area contributed by atoms with E-state index in [2.05, 4.69) is 10.4 Å². The minimum atomic E-state index is -0.862. The molecule has 12 heteroatoms. The third kappa shape index (κ3) is 5.06. The number of halogens is 1. The van der Waals surface area contributed by atoms with Gasteiger partial charge in [-0.1, -0.05) is 23.7 Å². The number of amides is 1. The number of non-ortho nitro benzene ring substituents is 1. The highest BCUT2D eigenvalue weighted by Crippen LogP contribution is 2.31. The first-order chi connectivity index (χ1) is 15.3. The number of aromatic nitrogens is 2. The topological polar surface area (TPSA) is 139 Å². The zero-order valence-electron chi connectivity index (χ0n) is 17.2. The number of carbonyl (C=O) groups is 1. The molecule has 32 heavy (non-hydrogen) atoms. The average Bonchev–Trinajstić information content (AvgIpc) is 3.12. The summed E-state index contributed by atoms with van der Waals surface area (Å²) < 4.78 is 16.5. The van der Waals surface area contributed by atoms with E-state index >= 15 is 0 Å². The molecule has 0 fully saturated rings. The fraction of sp³-hybridized carbons (Fsp3) is 0.250. The van der Waals surface area contributed by atoms with Crippen LogP contribution in [-0.4, -0.2) is 41.4 Å². The van der Waals surface area contributed by atoms with Crippen LogP contribution in [-0.2, 0) is 17.8 Å². The zero-order chi connectivity index (χ0) is 23.3. The second-order valence-electron chi connectivity index (χ2n) is 6.50. The molecule has 3 rings (SSSR count). The van der Waals surface area contributed by atoms with E-state index in [9.17, 15) is 19.7 Å². The molecular weight excluding hydrogens is 444 g/mol. The van der Waals surface area contributed by atoms with E-state index in [0.717, 1.165) is 16.3 Å². The van der Waals surface area contributed by atoms with Crippen molar-refractivity contribution in [1.29, 1.82) is 0 Å². The van der Waals surface area contributed by atoms with Gasteiger partial charge in [0.25, 0.3) is 11.6 Å². The number of methoxy groups -OCH3 is 2. The number of para-hydroxylation sites is 1. The summed E-state index contributed by atoms with van der Waals surface area (Å²) >= 11 is 6.03. The maximum Gasteiger partial charge on any atom is 0.437 e. The average molecular weight is 463 g/mol. The number of nitrogens with one attached hydrogen (secondary N) is 1. The Balaban J connectivity index is 1.64. The molecule has 3 aromatic rings.